The fourth-order valence-electron chi connectivity index (χ4n) is 4.37. The Labute approximate surface area is 150 Å². The second kappa shape index (κ2) is 6.98. The van der Waals surface area contributed by atoms with E-state index in [2.05, 4.69) is 5.10 Å². The van der Waals surface area contributed by atoms with Crippen molar-refractivity contribution in [3.63, 3.8) is 0 Å². The Hall–Kier alpha value is -0.960. The molecule has 0 bridgehead atoms. The zero-order valence-corrected chi connectivity index (χ0v) is 16.4. The third-order valence-electron chi connectivity index (χ3n) is 5.88. The molecule has 0 aromatic carbocycles. The van der Waals surface area contributed by atoms with Crippen LogP contribution >= 0.6 is 0 Å². The number of nitrogens with zero attached hydrogens (tertiary/aromatic N) is 3. The number of piperidine rings is 1. The van der Waals surface area contributed by atoms with Crippen molar-refractivity contribution in [1.82, 2.24) is 14.1 Å². The summed E-state index contributed by atoms with van der Waals surface area (Å²) in [4.78, 5) is 0.356. The largest absolute Gasteiger partial charge is 0.385 e. The van der Waals surface area contributed by atoms with Crippen molar-refractivity contribution in [3.8, 4) is 0 Å². The van der Waals surface area contributed by atoms with Crippen LogP contribution in [0.3, 0.4) is 0 Å². The molecule has 7 nitrogen and oxygen atoms in total. The molecule has 0 amide bonds. The summed E-state index contributed by atoms with van der Waals surface area (Å²) in [5.41, 5.74) is 1.08. The lowest BCUT2D eigenvalue weighted by atomic mass is 9.78. The molecule has 0 N–H and O–H groups in total. The molecule has 2 saturated heterocycles. The van der Waals surface area contributed by atoms with E-state index in [0.29, 0.717) is 35.3 Å². The van der Waals surface area contributed by atoms with Gasteiger partial charge in [0, 0.05) is 40.5 Å². The topological polar surface area (TPSA) is 73.7 Å². The molecule has 0 radical (unpaired) electrons. The zero-order chi connectivity index (χ0) is 18.2. The molecule has 3 heterocycles. The van der Waals surface area contributed by atoms with Gasteiger partial charge in [-0.1, -0.05) is 0 Å². The highest BCUT2D eigenvalue weighted by Crippen LogP contribution is 2.43. The van der Waals surface area contributed by atoms with E-state index in [4.69, 9.17) is 9.47 Å². The van der Waals surface area contributed by atoms with Gasteiger partial charge in [0.25, 0.3) is 0 Å². The van der Waals surface area contributed by atoms with Crippen LogP contribution in [0.2, 0.25) is 0 Å². The number of hydrogen-bond acceptors (Lipinski definition) is 5. The Balaban J connectivity index is 1.75. The zero-order valence-electron chi connectivity index (χ0n) is 15.6. The number of sulfonamides is 1. The number of aromatic nitrogens is 2. The smallest absolute Gasteiger partial charge is 0.246 e. The van der Waals surface area contributed by atoms with E-state index in [1.807, 2.05) is 0 Å². The van der Waals surface area contributed by atoms with Gasteiger partial charge >= 0.3 is 0 Å². The molecule has 1 aromatic rings. The molecule has 2 aliphatic rings. The summed E-state index contributed by atoms with van der Waals surface area (Å²) in [6, 6.07) is 0. The van der Waals surface area contributed by atoms with E-state index in [1.54, 1.807) is 37.0 Å². The first-order valence-electron chi connectivity index (χ1n) is 8.95. The summed E-state index contributed by atoms with van der Waals surface area (Å²) in [6.07, 6.45) is 3.51. The number of aryl methyl sites for hydroxylation is 2. The van der Waals surface area contributed by atoms with Gasteiger partial charge in [-0.05, 0) is 45.4 Å². The average molecular weight is 372 g/mol. The first kappa shape index (κ1) is 18.8. The SMILES string of the molecule is COCCC1CCOC12CCN(S(=O)(=O)c1c(C)nn(C)c1C)CC2. The van der Waals surface area contributed by atoms with Crippen molar-refractivity contribution in [3.05, 3.63) is 11.4 Å². The second-order valence-electron chi connectivity index (χ2n) is 7.21. The van der Waals surface area contributed by atoms with E-state index >= 15 is 0 Å². The monoisotopic (exact) mass is 371 g/mol. The minimum atomic E-state index is -3.51. The predicted molar refractivity (Wildman–Crippen MR) is 94.0 cm³/mol. The first-order valence-corrected chi connectivity index (χ1v) is 10.4. The molecule has 8 heteroatoms. The number of rotatable bonds is 5. The van der Waals surface area contributed by atoms with Crippen LogP contribution in [0.5, 0.6) is 0 Å². The maximum absolute atomic E-state index is 13.1. The second-order valence-corrected chi connectivity index (χ2v) is 9.08. The molecule has 1 unspecified atom stereocenters. The molecule has 0 aliphatic carbocycles. The normalized spacial score (nSPS) is 24.2. The Morgan fingerprint density at radius 2 is 2.00 bits per heavy atom. The maximum Gasteiger partial charge on any atom is 0.246 e. The predicted octanol–water partition coefficient (Wildman–Crippen LogP) is 1.63. The van der Waals surface area contributed by atoms with Crippen LogP contribution in [0.15, 0.2) is 4.90 Å². The Morgan fingerprint density at radius 3 is 2.56 bits per heavy atom. The standard InChI is InChI=1S/C17H29N3O4S/c1-13-16(14(2)19(3)18-13)25(21,22)20-9-7-17(8-10-20)15(5-11-23-4)6-12-24-17/h15H,5-12H2,1-4H3. The molecule has 1 spiro atoms. The van der Waals surface area contributed by atoms with Gasteiger partial charge in [0.1, 0.15) is 4.90 Å². The molecule has 3 rings (SSSR count). The van der Waals surface area contributed by atoms with Gasteiger partial charge in [0.15, 0.2) is 0 Å². The van der Waals surface area contributed by atoms with Crippen LogP contribution in [-0.4, -0.2) is 61.5 Å². The van der Waals surface area contributed by atoms with E-state index in [-0.39, 0.29) is 5.60 Å². The Kier molecular flexibility index (Phi) is 5.26. The van der Waals surface area contributed by atoms with Gasteiger partial charge in [-0.15, -0.1) is 0 Å². The van der Waals surface area contributed by atoms with E-state index in [9.17, 15) is 8.42 Å². The lowest BCUT2D eigenvalue weighted by molar-refractivity contribution is -0.0603. The number of hydrogen-bond donors (Lipinski definition) is 0. The lowest BCUT2D eigenvalue weighted by Gasteiger charge is -2.41. The molecule has 25 heavy (non-hydrogen) atoms. The summed E-state index contributed by atoms with van der Waals surface area (Å²) >= 11 is 0. The van der Waals surface area contributed by atoms with Crippen molar-refractivity contribution in [2.45, 2.75) is 50.0 Å². The Morgan fingerprint density at radius 1 is 1.32 bits per heavy atom. The molecule has 142 valence electrons. The van der Waals surface area contributed by atoms with Crippen molar-refractivity contribution in [1.29, 1.82) is 0 Å². The van der Waals surface area contributed by atoms with Crippen molar-refractivity contribution in [2.75, 3.05) is 33.4 Å². The van der Waals surface area contributed by atoms with Crippen LogP contribution in [0.4, 0.5) is 0 Å². The van der Waals surface area contributed by atoms with E-state index in [1.165, 1.54) is 0 Å². The highest BCUT2D eigenvalue weighted by molar-refractivity contribution is 7.89. The van der Waals surface area contributed by atoms with Gasteiger partial charge in [-0.25, -0.2) is 8.42 Å². The molecule has 1 atom stereocenters. The Bertz CT molecular complexity index is 720. The molecule has 2 aliphatic heterocycles. The van der Waals surface area contributed by atoms with Gasteiger partial charge in [-0.3, -0.25) is 4.68 Å². The first-order chi connectivity index (χ1) is 11.8. The van der Waals surface area contributed by atoms with Gasteiger partial charge in [-0.2, -0.15) is 9.40 Å². The van der Waals surface area contributed by atoms with Crippen LogP contribution in [-0.2, 0) is 26.5 Å². The van der Waals surface area contributed by atoms with Gasteiger partial charge in [0.2, 0.25) is 10.0 Å². The number of ether oxygens (including phenoxy) is 2. The minimum absolute atomic E-state index is 0.177. The van der Waals surface area contributed by atoms with Crippen molar-refractivity contribution < 1.29 is 17.9 Å². The van der Waals surface area contributed by atoms with E-state index in [0.717, 1.165) is 38.9 Å². The summed E-state index contributed by atoms with van der Waals surface area (Å²) in [7, 11) is -0.0179. The minimum Gasteiger partial charge on any atom is -0.385 e. The van der Waals surface area contributed by atoms with Crippen LogP contribution < -0.4 is 0 Å². The fourth-order valence-corrected chi connectivity index (χ4v) is 6.21. The summed E-state index contributed by atoms with van der Waals surface area (Å²) in [5, 5.41) is 4.26. The highest BCUT2D eigenvalue weighted by atomic mass is 32.2. The van der Waals surface area contributed by atoms with E-state index < -0.39 is 10.0 Å². The third-order valence-corrected chi connectivity index (χ3v) is 8.03. The molecular weight excluding hydrogens is 342 g/mol. The maximum atomic E-state index is 13.1. The molecular formula is C17H29N3O4S. The van der Waals surface area contributed by atoms with Crippen LogP contribution in [0.1, 0.15) is 37.1 Å². The third kappa shape index (κ3) is 3.25. The fraction of sp³-hybridized carbons (Fsp3) is 0.824. The number of methoxy groups -OCH3 is 1. The summed E-state index contributed by atoms with van der Waals surface area (Å²) < 4.78 is 40.8. The van der Waals surface area contributed by atoms with Gasteiger partial charge in [0.05, 0.1) is 17.0 Å². The molecule has 0 saturated carbocycles. The quantitative estimate of drug-likeness (QED) is 0.787. The summed E-state index contributed by atoms with van der Waals surface area (Å²) in [5.74, 6) is 0.458. The highest BCUT2D eigenvalue weighted by Gasteiger charge is 2.47. The van der Waals surface area contributed by atoms with Crippen LogP contribution in [0.25, 0.3) is 0 Å². The molecule has 2 fully saturated rings. The van der Waals surface area contributed by atoms with Crippen LogP contribution in [0, 0.1) is 19.8 Å². The average Bonchev–Trinajstić information content (AvgIpc) is 3.06. The lowest BCUT2D eigenvalue weighted by Crippen LogP contribution is -2.49. The van der Waals surface area contributed by atoms with Crippen molar-refractivity contribution >= 4 is 10.0 Å². The summed E-state index contributed by atoms with van der Waals surface area (Å²) in [6.45, 7) is 6.05. The van der Waals surface area contributed by atoms with Gasteiger partial charge < -0.3 is 9.47 Å². The van der Waals surface area contributed by atoms with Crippen molar-refractivity contribution in [2.24, 2.45) is 13.0 Å². The molecule has 1 aromatic heterocycles.